The molecule has 1 aromatic heterocycles. The first-order valence-electron chi connectivity index (χ1n) is 9.81. The lowest BCUT2D eigenvalue weighted by Crippen LogP contribution is -2.42. The van der Waals surface area contributed by atoms with Gasteiger partial charge < -0.3 is 15.7 Å². The lowest BCUT2D eigenvalue weighted by atomic mass is 10.0. The molecule has 3 aromatic rings. The predicted molar refractivity (Wildman–Crippen MR) is 124 cm³/mol. The van der Waals surface area contributed by atoms with Crippen LogP contribution in [-0.2, 0) is 21.2 Å². The van der Waals surface area contributed by atoms with Crippen molar-refractivity contribution in [1.29, 1.82) is 0 Å². The zero-order valence-corrected chi connectivity index (χ0v) is 18.9. The van der Waals surface area contributed by atoms with E-state index in [2.05, 4.69) is 15.4 Å². The Labute approximate surface area is 190 Å². The summed E-state index contributed by atoms with van der Waals surface area (Å²) >= 11 is 1.02. The summed E-state index contributed by atoms with van der Waals surface area (Å²) < 4.78 is 27.1. The highest BCUT2D eigenvalue weighted by Crippen LogP contribution is 2.24. The van der Waals surface area contributed by atoms with Crippen LogP contribution in [0.15, 0.2) is 70.3 Å². The SMILES string of the molecule is CCNC(=O)Nc1cccc(-c2ccc(CC(NS(=O)(=O)c3cccs3)C(=O)O)cc2)c1. The number of sulfonamides is 1. The van der Waals surface area contributed by atoms with Crippen molar-refractivity contribution in [2.75, 3.05) is 11.9 Å². The van der Waals surface area contributed by atoms with Gasteiger partial charge in [0, 0.05) is 12.2 Å². The van der Waals surface area contributed by atoms with Crippen LogP contribution in [0.1, 0.15) is 12.5 Å². The van der Waals surface area contributed by atoms with Gasteiger partial charge in [0.25, 0.3) is 10.0 Å². The first-order chi connectivity index (χ1) is 15.3. The van der Waals surface area contributed by atoms with Gasteiger partial charge in [-0.05, 0) is 53.6 Å². The summed E-state index contributed by atoms with van der Waals surface area (Å²) in [6.45, 7) is 2.35. The van der Waals surface area contributed by atoms with E-state index in [4.69, 9.17) is 0 Å². The number of carboxylic acid groups (broad SMARTS) is 1. The summed E-state index contributed by atoms with van der Waals surface area (Å²) in [5.41, 5.74) is 3.07. The maximum Gasteiger partial charge on any atom is 0.322 e. The molecule has 0 radical (unpaired) electrons. The molecule has 32 heavy (non-hydrogen) atoms. The van der Waals surface area contributed by atoms with Crippen molar-refractivity contribution in [2.24, 2.45) is 0 Å². The minimum Gasteiger partial charge on any atom is -0.480 e. The number of carbonyl (C=O) groups is 2. The molecule has 1 heterocycles. The first-order valence-corrected chi connectivity index (χ1v) is 12.2. The summed E-state index contributed by atoms with van der Waals surface area (Å²) in [6.07, 6.45) is -0.000989. The standard InChI is InChI=1S/C22H23N3O5S2/c1-2-23-22(28)24-18-6-3-5-17(14-18)16-10-8-15(9-11-16)13-19(21(26)27)25-32(29,30)20-7-4-12-31-20/h3-12,14,19,25H,2,13H2,1H3,(H,26,27)(H2,23,24,28). The maximum atomic E-state index is 12.4. The van der Waals surface area contributed by atoms with Gasteiger partial charge in [0.15, 0.2) is 0 Å². The lowest BCUT2D eigenvalue weighted by molar-refractivity contribution is -0.138. The van der Waals surface area contributed by atoms with Crippen LogP contribution in [0.3, 0.4) is 0 Å². The number of benzene rings is 2. The van der Waals surface area contributed by atoms with Crippen LogP contribution >= 0.6 is 11.3 Å². The summed E-state index contributed by atoms with van der Waals surface area (Å²) in [5, 5.41) is 16.5. The van der Waals surface area contributed by atoms with Crippen molar-refractivity contribution in [1.82, 2.24) is 10.0 Å². The van der Waals surface area contributed by atoms with Gasteiger partial charge in [-0.2, -0.15) is 4.72 Å². The van der Waals surface area contributed by atoms with E-state index in [0.29, 0.717) is 17.8 Å². The molecule has 168 valence electrons. The molecule has 0 aliphatic carbocycles. The molecule has 8 nitrogen and oxygen atoms in total. The molecule has 10 heteroatoms. The molecule has 0 saturated carbocycles. The first kappa shape index (κ1) is 23.5. The second-order valence-electron chi connectivity index (χ2n) is 6.91. The molecule has 4 N–H and O–H groups in total. The molecule has 0 aliphatic rings. The van der Waals surface area contributed by atoms with Gasteiger partial charge in [-0.15, -0.1) is 11.3 Å². The van der Waals surface area contributed by atoms with Crippen LogP contribution in [0.4, 0.5) is 10.5 Å². The van der Waals surface area contributed by atoms with Crippen LogP contribution in [0, 0.1) is 0 Å². The third-order valence-electron chi connectivity index (χ3n) is 4.54. The van der Waals surface area contributed by atoms with E-state index in [1.807, 2.05) is 37.3 Å². The molecule has 2 aromatic carbocycles. The number of carbonyl (C=O) groups excluding carboxylic acids is 1. The Kier molecular flexibility index (Phi) is 7.62. The second kappa shape index (κ2) is 10.4. The Hall–Kier alpha value is -3.21. The highest BCUT2D eigenvalue weighted by Gasteiger charge is 2.26. The van der Waals surface area contributed by atoms with Gasteiger partial charge in [0.05, 0.1) is 0 Å². The fraction of sp³-hybridized carbons (Fsp3) is 0.182. The van der Waals surface area contributed by atoms with E-state index in [1.54, 1.807) is 29.6 Å². The average molecular weight is 474 g/mol. The molecule has 0 aliphatic heterocycles. The summed E-state index contributed by atoms with van der Waals surface area (Å²) in [5.74, 6) is -1.25. The largest absolute Gasteiger partial charge is 0.480 e. The third-order valence-corrected chi connectivity index (χ3v) is 7.41. The molecule has 0 spiro atoms. The summed E-state index contributed by atoms with van der Waals surface area (Å²) in [4.78, 5) is 23.4. The Morgan fingerprint density at radius 1 is 1.03 bits per heavy atom. The van der Waals surface area contributed by atoms with E-state index in [1.165, 1.54) is 6.07 Å². The molecule has 0 fully saturated rings. The second-order valence-corrected chi connectivity index (χ2v) is 9.80. The van der Waals surface area contributed by atoms with Crippen LogP contribution in [-0.4, -0.2) is 38.1 Å². The van der Waals surface area contributed by atoms with Crippen molar-refractivity contribution in [3.05, 3.63) is 71.6 Å². The number of urea groups is 1. The molecular formula is C22H23N3O5S2. The lowest BCUT2D eigenvalue weighted by Gasteiger charge is -2.14. The van der Waals surface area contributed by atoms with Crippen LogP contribution in [0.2, 0.25) is 0 Å². The number of nitrogens with one attached hydrogen (secondary N) is 3. The normalized spacial score (nSPS) is 12.2. The van der Waals surface area contributed by atoms with Crippen molar-refractivity contribution < 1.29 is 23.1 Å². The van der Waals surface area contributed by atoms with Gasteiger partial charge in [-0.1, -0.05) is 42.5 Å². The number of rotatable bonds is 9. The van der Waals surface area contributed by atoms with Crippen LogP contribution < -0.4 is 15.4 Å². The third kappa shape index (κ3) is 6.16. The minimum absolute atomic E-state index is 0.000989. The van der Waals surface area contributed by atoms with E-state index in [9.17, 15) is 23.1 Å². The topological polar surface area (TPSA) is 125 Å². The average Bonchev–Trinajstić information content (AvgIpc) is 3.30. The van der Waals surface area contributed by atoms with E-state index >= 15 is 0 Å². The molecule has 1 unspecified atom stereocenters. The highest BCUT2D eigenvalue weighted by atomic mass is 32.2. The van der Waals surface area contributed by atoms with E-state index < -0.39 is 22.0 Å². The maximum absolute atomic E-state index is 12.4. The monoisotopic (exact) mass is 473 g/mol. The number of hydrogen-bond donors (Lipinski definition) is 4. The van der Waals surface area contributed by atoms with Crippen molar-refractivity contribution in [3.63, 3.8) is 0 Å². The number of aliphatic carboxylic acids is 1. The van der Waals surface area contributed by atoms with Crippen molar-refractivity contribution >= 4 is 39.0 Å². The number of anilines is 1. The van der Waals surface area contributed by atoms with Gasteiger partial charge in [0.1, 0.15) is 10.3 Å². The number of carboxylic acids is 1. The van der Waals surface area contributed by atoms with Crippen molar-refractivity contribution in [3.8, 4) is 11.1 Å². The summed E-state index contributed by atoms with van der Waals surface area (Å²) in [6, 6.07) is 15.9. The van der Waals surface area contributed by atoms with Crippen LogP contribution in [0.25, 0.3) is 11.1 Å². The highest BCUT2D eigenvalue weighted by molar-refractivity contribution is 7.91. The number of thiophene rings is 1. The fourth-order valence-corrected chi connectivity index (χ4v) is 5.22. The van der Waals surface area contributed by atoms with Crippen molar-refractivity contribution in [2.45, 2.75) is 23.6 Å². The smallest absolute Gasteiger partial charge is 0.322 e. The quantitative estimate of drug-likeness (QED) is 0.378. The van der Waals surface area contributed by atoms with Crippen LogP contribution in [0.5, 0.6) is 0 Å². The zero-order valence-electron chi connectivity index (χ0n) is 17.2. The Morgan fingerprint density at radius 2 is 1.78 bits per heavy atom. The Balaban J connectivity index is 1.72. The number of hydrogen-bond acceptors (Lipinski definition) is 5. The fourth-order valence-electron chi connectivity index (χ4n) is 3.02. The van der Waals surface area contributed by atoms with E-state index in [-0.39, 0.29) is 16.7 Å². The molecule has 2 amide bonds. The van der Waals surface area contributed by atoms with Gasteiger partial charge in [0.2, 0.25) is 0 Å². The Bertz CT molecular complexity index is 1180. The molecule has 0 saturated heterocycles. The van der Waals surface area contributed by atoms with Gasteiger partial charge >= 0.3 is 12.0 Å². The molecule has 0 bridgehead atoms. The molecule has 1 atom stereocenters. The van der Waals surface area contributed by atoms with Gasteiger partial charge in [-0.25, -0.2) is 13.2 Å². The number of amides is 2. The van der Waals surface area contributed by atoms with Gasteiger partial charge in [-0.3, -0.25) is 4.79 Å². The molecular weight excluding hydrogens is 450 g/mol. The zero-order chi connectivity index (χ0) is 23.1. The summed E-state index contributed by atoms with van der Waals surface area (Å²) in [7, 11) is -3.90. The Morgan fingerprint density at radius 3 is 2.41 bits per heavy atom. The molecule has 3 rings (SSSR count). The minimum atomic E-state index is -3.90. The predicted octanol–water partition coefficient (Wildman–Crippen LogP) is 3.53. The van der Waals surface area contributed by atoms with E-state index in [0.717, 1.165) is 22.5 Å².